The summed E-state index contributed by atoms with van der Waals surface area (Å²) in [6.45, 7) is 0. The number of primary amides is 1. The molecule has 0 heterocycles. The number of alkyl halides is 3. The summed E-state index contributed by atoms with van der Waals surface area (Å²) < 4.78 is 37.4. The van der Waals surface area contributed by atoms with Crippen LogP contribution in [-0.2, 0) is 12.6 Å². The minimum atomic E-state index is -4.33. The van der Waals surface area contributed by atoms with E-state index >= 15 is 0 Å². The third-order valence-corrected chi connectivity index (χ3v) is 2.86. The van der Waals surface area contributed by atoms with Gasteiger partial charge in [0.2, 0.25) is 0 Å². The number of nitrogens with one attached hydrogen (secondary N) is 1. The summed E-state index contributed by atoms with van der Waals surface area (Å²) >= 11 is 0. The molecule has 2 rings (SSSR count). The molecule has 1 atom stereocenters. The number of amides is 2. The summed E-state index contributed by atoms with van der Waals surface area (Å²) in [6.07, 6.45) is -3.23. The van der Waals surface area contributed by atoms with Crippen molar-refractivity contribution in [3.05, 3.63) is 34.9 Å². The zero-order chi connectivity index (χ0) is 12.6. The monoisotopic (exact) mass is 244 g/mol. The van der Waals surface area contributed by atoms with Gasteiger partial charge >= 0.3 is 12.2 Å². The summed E-state index contributed by atoms with van der Waals surface area (Å²) in [6, 6.07) is 2.64. The van der Waals surface area contributed by atoms with E-state index in [0.29, 0.717) is 18.4 Å². The number of carbonyl (C=O) groups is 1. The van der Waals surface area contributed by atoms with Gasteiger partial charge in [0.1, 0.15) is 0 Å². The number of nitrogens with two attached hydrogens (primary N) is 1. The van der Waals surface area contributed by atoms with E-state index in [-0.39, 0.29) is 6.04 Å². The van der Waals surface area contributed by atoms with E-state index in [1.165, 1.54) is 6.07 Å². The van der Waals surface area contributed by atoms with Crippen molar-refractivity contribution in [2.45, 2.75) is 25.1 Å². The molecule has 0 aliphatic heterocycles. The molecule has 0 saturated carbocycles. The zero-order valence-electron chi connectivity index (χ0n) is 8.84. The molecule has 0 fully saturated rings. The molecule has 1 aliphatic rings. The van der Waals surface area contributed by atoms with Crippen molar-refractivity contribution in [3.8, 4) is 0 Å². The van der Waals surface area contributed by atoms with Gasteiger partial charge in [-0.1, -0.05) is 6.07 Å². The standard InChI is InChI=1S/C11H11F3N2O/c12-11(13,14)7-2-3-8-6(5-7)1-4-9(8)16-10(15)17/h2-3,5,9H,1,4H2,(H3,15,16,17). The van der Waals surface area contributed by atoms with Crippen LogP contribution in [0.5, 0.6) is 0 Å². The number of rotatable bonds is 1. The predicted molar refractivity (Wildman–Crippen MR) is 55.2 cm³/mol. The maximum atomic E-state index is 12.5. The largest absolute Gasteiger partial charge is 0.416 e. The van der Waals surface area contributed by atoms with E-state index in [2.05, 4.69) is 5.32 Å². The summed E-state index contributed by atoms with van der Waals surface area (Å²) in [7, 11) is 0. The quantitative estimate of drug-likeness (QED) is 0.782. The Morgan fingerprint density at radius 3 is 2.71 bits per heavy atom. The van der Waals surface area contributed by atoms with Crippen molar-refractivity contribution >= 4 is 6.03 Å². The topological polar surface area (TPSA) is 55.1 Å². The second-order valence-electron chi connectivity index (χ2n) is 4.01. The smallest absolute Gasteiger partial charge is 0.352 e. The molecule has 1 aliphatic carbocycles. The highest BCUT2D eigenvalue weighted by atomic mass is 19.4. The van der Waals surface area contributed by atoms with Gasteiger partial charge in [0.15, 0.2) is 0 Å². The molecule has 1 unspecified atom stereocenters. The van der Waals surface area contributed by atoms with Gasteiger partial charge in [-0.05, 0) is 36.1 Å². The SMILES string of the molecule is NC(=O)NC1CCc2cc(C(F)(F)F)ccc21. The number of hydrogen-bond donors (Lipinski definition) is 2. The van der Waals surface area contributed by atoms with Crippen molar-refractivity contribution in [3.63, 3.8) is 0 Å². The number of halogens is 3. The second kappa shape index (κ2) is 3.94. The Balaban J connectivity index is 2.29. The van der Waals surface area contributed by atoms with Gasteiger partial charge in [-0.25, -0.2) is 4.79 Å². The summed E-state index contributed by atoms with van der Waals surface area (Å²) in [4.78, 5) is 10.7. The number of fused-ring (bicyclic) bond motifs is 1. The lowest BCUT2D eigenvalue weighted by molar-refractivity contribution is -0.137. The molecule has 3 N–H and O–H groups in total. The van der Waals surface area contributed by atoms with E-state index in [9.17, 15) is 18.0 Å². The molecular formula is C11H11F3N2O. The molecular weight excluding hydrogens is 233 g/mol. The van der Waals surface area contributed by atoms with E-state index in [1.54, 1.807) is 0 Å². The van der Waals surface area contributed by atoms with Crippen molar-refractivity contribution in [1.29, 1.82) is 0 Å². The van der Waals surface area contributed by atoms with Gasteiger partial charge in [0.25, 0.3) is 0 Å². The highest BCUT2D eigenvalue weighted by molar-refractivity contribution is 5.72. The molecule has 6 heteroatoms. The fraction of sp³-hybridized carbons (Fsp3) is 0.364. The van der Waals surface area contributed by atoms with Crippen LogP contribution < -0.4 is 11.1 Å². The molecule has 1 aromatic rings. The minimum Gasteiger partial charge on any atom is -0.352 e. The fourth-order valence-corrected chi connectivity index (χ4v) is 2.12. The van der Waals surface area contributed by atoms with Crippen LogP contribution in [0.3, 0.4) is 0 Å². The Hall–Kier alpha value is -1.72. The molecule has 0 bridgehead atoms. The molecule has 0 radical (unpaired) electrons. The Labute approximate surface area is 95.8 Å². The van der Waals surface area contributed by atoms with Gasteiger partial charge in [-0.15, -0.1) is 0 Å². The molecule has 17 heavy (non-hydrogen) atoms. The predicted octanol–water partition coefficient (Wildman–Crippen LogP) is 2.36. The first-order valence-electron chi connectivity index (χ1n) is 5.14. The van der Waals surface area contributed by atoms with E-state index in [4.69, 9.17) is 5.73 Å². The average Bonchev–Trinajstić information content (AvgIpc) is 2.59. The first-order chi connectivity index (χ1) is 7.88. The van der Waals surface area contributed by atoms with Crippen LogP contribution >= 0.6 is 0 Å². The fourth-order valence-electron chi connectivity index (χ4n) is 2.12. The van der Waals surface area contributed by atoms with Crippen LogP contribution in [0.1, 0.15) is 29.2 Å². The Bertz CT molecular complexity index is 457. The lowest BCUT2D eigenvalue weighted by Crippen LogP contribution is -2.32. The Kier molecular flexibility index (Phi) is 2.73. The van der Waals surface area contributed by atoms with E-state index in [1.807, 2.05) is 0 Å². The third-order valence-electron chi connectivity index (χ3n) is 2.86. The van der Waals surface area contributed by atoms with E-state index < -0.39 is 17.8 Å². The molecule has 3 nitrogen and oxygen atoms in total. The van der Waals surface area contributed by atoms with Crippen LogP contribution in [0.25, 0.3) is 0 Å². The summed E-state index contributed by atoms with van der Waals surface area (Å²) in [5, 5.41) is 2.51. The van der Waals surface area contributed by atoms with Gasteiger partial charge in [-0.2, -0.15) is 13.2 Å². The average molecular weight is 244 g/mol. The second-order valence-corrected chi connectivity index (χ2v) is 4.01. The number of carbonyl (C=O) groups excluding carboxylic acids is 1. The van der Waals surface area contributed by atoms with Gasteiger partial charge in [0, 0.05) is 0 Å². The van der Waals surface area contributed by atoms with Gasteiger partial charge < -0.3 is 11.1 Å². The first-order valence-corrected chi connectivity index (χ1v) is 5.14. The van der Waals surface area contributed by atoms with Gasteiger partial charge in [-0.3, -0.25) is 0 Å². The highest BCUT2D eigenvalue weighted by Gasteiger charge is 2.33. The van der Waals surface area contributed by atoms with E-state index in [0.717, 1.165) is 17.7 Å². The molecule has 1 aromatic carbocycles. The third kappa shape index (κ3) is 2.35. The first kappa shape index (κ1) is 11.8. The molecule has 0 aromatic heterocycles. The maximum Gasteiger partial charge on any atom is 0.416 e. The van der Waals surface area contributed by atoms with Crippen LogP contribution in [0.4, 0.5) is 18.0 Å². The van der Waals surface area contributed by atoms with Crippen molar-refractivity contribution in [1.82, 2.24) is 5.32 Å². The molecule has 0 saturated heterocycles. The van der Waals surface area contributed by atoms with Crippen molar-refractivity contribution in [2.24, 2.45) is 5.73 Å². The van der Waals surface area contributed by atoms with Gasteiger partial charge in [0.05, 0.1) is 11.6 Å². The minimum absolute atomic E-state index is 0.273. The molecule has 0 spiro atoms. The van der Waals surface area contributed by atoms with Crippen LogP contribution in [0.2, 0.25) is 0 Å². The molecule has 2 amide bonds. The lowest BCUT2D eigenvalue weighted by atomic mass is 10.0. The zero-order valence-corrected chi connectivity index (χ0v) is 8.84. The number of aryl methyl sites for hydroxylation is 1. The number of benzene rings is 1. The highest BCUT2D eigenvalue weighted by Crippen LogP contribution is 2.36. The Morgan fingerprint density at radius 1 is 1.41 bits per heavy atom. The van der Waals surface area contributed by atoms with Crippen molar-refractivity contribution < 1.29 is 18.0 Å². The lowest BCUT2D eigenvalue weighted by Gasteiger charge is -2.13. The summed E-state index contributed by atoms with van der Waals surface area (Å²) in [5.74, 6) is 0. The van der Waals surface area contributed by atoms with Crippen LogP contribution in [0, 0.1) is 0 Å². The Morgan fingerprint density at radius 2 is 2.12 bits per heavy atom. The van der Waals surface area contributed by atoms with Crippen molar-refractivity contribution in [2.75, 3.05) is 0 Å². The number of urea groups is 1. The summed E-state index contributed by atoms with van der Waals surface area (Å²) in [5.41, 5.74) is 5.68. The van der Waals surface area contributed by atoms with Crippen LogP contribution in [-0.4, -0.2) is 6.03 Å². The normalized spacial score (nSPS) is 18.9. The maximum absolute atomic E-state index is 12.5. The molecule has 92 valence electrons. The van der Waals surface area contributed by atoms with Crippen LogP contribution in [0.15, 0.2) is 18.2 Å². The number of hydrogen-bond acceptors (Lipinski definition) is 1.